The number of hydrogen-bond acceptors (Lipinski definition) is 8. The molecule has 5 rings (SSSR count). The van der Waals surface area contributed by atoms with E-state index >= 15 is 0 Å². The molecule has 1 aliphatic carbocycles. The maximum absolute atomic E-state index is 13.1. The number of hydrogen-bond donors (Lipinski definition) is 0. The van der Waals surface area contributed by atoms with Crippen LogP contribution in [0.25, 0.3) is 20.4 Å². The normalized spacial score (nSPS) is 16.0. The van der Waals surface area contributed by atoms with E-state index in [-0.39, 0.29) is 5.91 Å². The van der Waals surface area contributed by atoms with Crippen molar-refractivity contribution in [1.29, 1.82) is 0 Å². The number of aryl methyl sites for hydroxylation is 1. The molecule has 194 valence electrons. The SMILES string of the molecule is CCCCN(CCCC)C(=O)CSc1ncnc2c1sc1nc(N3CCOCC3)c3c(c12)CCCC3. The van der Waals surface area contributed by atoms with Crippen LogP contribution in [-0.4, -0.2) is 70.9 Å². The van der Waals surface area contributed by atoms with Crippen molar-refractivity contribution >= 4 is 55.3 Å². The molecule has 0 radical (unpaired) electrons. The number of carbonyl (C=O) groups excluding carboxylic acids is 1. The quantitative estimate of drug-likeness (QED) is 0.255. The smallest absolute Gasteiger partial charge is 0.232 e. The fraction of sp³-hybridized carbons (Fsp3) is 0.630. The minimum atomic E-state index is 0.208. The number of anilines is 1. The zero-order valence-electron chi connectivity index (χ0n) is 21.6. The molecule has 1 saturated heterocycles. The molecule has 0 spiro atoms. The van der Waals surface area contributed by atoms with Gasteiger partial charge in [-0.2, -0.15) is 0 Å². The highest BCUT2D eigenvalue weighted by molar-refractivity contribution is 8.00. The predicted molar refractivity (Wildman–Crippen MR) is 150 cm³/mol. The average Bonchev–Trinajstić information content (AvgIpc) is 3.31. The summed E-state index contributed by atoms with van der Waals surface area (Å²) in [5.41, 5.74) is 3.84. The minimum Gasteiger partial charge on any atom is -0.378 e. The molecular formula is C27H37N5O2S2. The topological polar surface area (TPSA) is 71.5 Å². The van der Waals surface area contributed by atoms with E-state index in [0.717, 1.165) is 104 Å². The average molecular weight is 528 g/mol. The Labute approximate surface area is 222 Å². The van der Waals surface area contributed by atoms with Gasteiger partial charge in [0.1, 0.15) is 22.0 Å². The Morgan fingerprint density at radius 3 is 2.53 bits per heavy atom. The van der Waals surface area contributed by atoms with E-state index in [1.807, 2.05) is 4.90 Å². The molecule has 3 aromatic rings. The number of carbonyl (C=O) groups is 1. The molecule has 1 fully saturated rings. The van der Waals surface area contributed by atoms with Gasteiger partial charge in [-0.1, -0.05) is 38.5 Å². The van der Waals surface area contributed by atoms with Crippen LogP contribution in [0.2, 0.25) is 0 Å². The Balaban J connectivity index is 1.46. The molecule has 3 aromatic heterocycles. The van der Waals surface area contributed by atoms with Crippen LogP contribution in [-0.2, 0) is 22.4 Å². The van der Waals surface area contributed by atoms with Gasteiger partial charge in [0.2, 0.25) is 5.91 Å². The number of nitrogens with zero attached hydrogens (tertiary/aromatic N) is 5. The van der Waals surface area contributed by atoms with E-state index in [1.165, 1.54) is 29.4 Å². The van der Waals surface area contributed by atoms with Gasteiger partial charge in [-0.25, -0.2) is 15.0 Å². The number of ether oxygens (including phenoxy) is 1. The molecule has 36 heavy (non-hydrogen) atoms. The van der Waals surface area contributed by atoms with Gasteiger partial charge in [-0.15, -0.1) is 11.3 Å². The molecule has 9 heteroatoms. The number of thiophene rings is 1. The van der Waals surface area contributed by atoms with Crippen LogP contribution in [0.1, 0.15) is 63.5 Å². The lowest BCUT2D eigenvalue weighted by Crippen LogP contribution is -2.37. The molecule has 4 heterocycles. The molecule has 0 bridgehead atoms. The fourth-order valence-electron chi connectivity index (χ4n) is 5.24. The zero-order chi connectivity index (χ0) is 24.9. The van der Waals surface area contributed by atoms with E-state index in [9.17, 15) is 4.79 Å². The second kappa shape index (κ2) is 12.0. The number of aromatic nitrogens is 3. The number of unbranched alkanes of at least 4 members (excludes halogenated alkanes) is 2. The Kier molecular flexibility index (Phi) is 8.59. The molecule has 0 unspecified atom stereocenters. The lowest BCUT2D eigenvalue weighted by molar-refractivity contribution is -0.128. The molecule has 7 nitrogen and oxygen atoms in total. The van der Waals surface area contributed by atoms with Gasteiger partial charge in [-0.05, 0) is 49.7 Å². The maximum atomic E-state index is 13.1. The monoisotopic (exact) mass is 527 g/mol. The van der Waals surface area contributed by atoms with Gasteiger partial charge in [-0.3, -0.25) is 4.79 Å². The van der Waals surface area contributed by atoms with Crippen molar-refractivity contribution < 1.29 is 9.53 Å². The summed E-state index contributed by atoms with van der Waals surface area (Å²) in [6, 6.07) is 0. The first-order chi connectivity index (χ1) is 17.7. The summed E-state index contributed by atoms with van der Waals surface area (Å²) >= 11 is 3.24. The van der Waals surface area contributed by atoms with Crippen LogP contribution in [0.4, 0.5) is 5.82 Å². The van der Waals surface area contributed by atoms with E-state index in [1.54, 1.807) is 29.4 Å². The Morgan fingerprint density at radius 1 is 1.08 bits per heavy atom. The third kappa shape index (κ3) is 5.34. The lowest BCUT2D eigenvalue weighted by Gasteiger charge is -2.31. The molecule has 0 saturated carbocycles. The molecule has 1 aliphatic heterocycles. The Morgan fingerprint density at radius 2 is 1.81 bits per heavy atom. The summed E-state index contributed by atoms with van der Waals surface area (Å²) in [5.74, 6) is 1.77. The van der Waals surface area contributed by atoms with Crippen LogP contribution in [0, 0.1) is 0 Å². The second-order valence-electron chi connectivity index (χ2n) is 9.71. The highest BCUT2D eigenvalue weighted by Gasteiger charge is 2.26. The van der Waals surface area contributed by atoms with E-state index in [4.69, 9.17) is 14.7 Å². The van der Waals surface area contributed by atoms with Crippen LogP contribution in [0.3, 0.4) is 0 Å². The summed E-state index contributed by atoms with van der Waals surface area (Å²) in [5, 5.41) is 2.12. The lowest BCUT2D eigenvalue weighted by atomic mass is 9.90. The van der Waals surface area contributed by atoms with Crippen LogP contribution in [0.5, 0.6) is 0 Å². The summed E-state index contributed by atoms with van der Waals surface area (Å²) in [4.78, 5) is 33.2. The summed E-state index contributed by atoms with van der Waals surface area (Å²) < 4.78 is 6.67. The number of pyridine rings is 1. The van der Waals surface area contributed by atoms with E-state index in [0.29, 0.717) is 5.75 Å². The van der Waals surface area contributed by atoms with Gasteiger partial charge in [0, 0.05) is 31.6 Å². The maximum Gasteiger partial charge on any atom is 0.232 e. The van der Waals surface area contributed by atoms with Gasteiger partial charge < -0.3 is 14.5 Å². The minimum absolute atomic E-state index is 0.208. The zero-order valence-corrected chi connectivity index (χ0v) is 23.2. The van der Waals surface area contributed by atoms with Gasteiger partial charge >= 0.3 is 0 Å². The molecular weight excluding hydrogens is 490 g/mol. The first kappa shape index (κ1) is 25.7. The van der Waals surface area contributed by atoms with E-state index in [2.05, 4.69) is 23.7 Å². The van der Waals surface area contributed by atoms with Crippen molar-refractivity contribution in [3.8, 4) is 0 Å². The van der Waals surface area contributed by atoms with Crippen molar-refractivity contribution in [2.75, 3.05) is 50.0 Å². The van der Waals surface area contributed by atoms with E-state index < -0.39 is 0 Å². The third-order valence-corrected chi connectivity index (χ3v) is 9.41. The van der Waals surface area contributed by atoms with Crippen LogP contribution >= 0.6 is 23.1 Å². The van der Waals surface area contributed by atoms with Crippen molar-refractivity contribution in [2.24, 2.45) is 0 Å². The van der Waals surface area contributed by atoms with Crippen molar-refractivity contribution in [3.05, 3.63) is 17.5 Å². The predicted octanol–water partition coefficient (Wildman–Crippen LogP) is 5.48. The summed E-state index contributed by atoms with van der Waals surface area (Å²) in [7, 11) is 0. The number of rotatable bonds is 10. The van der Waals surface area contributed by atoms with Crippen molar-refractivity contribution in [1.82, 2.24) is 19.9 Å². The largest absolute Gasteiger partial charge is 0.378 e. The van der Waals surface area contributed by atoms with Crippen molar-refractivity contribution in [3.63, 3.8) is 0 Å². The standard InChI is InChI=1S/C27H37N5O2S2/c1-3-5-11-31(12-6-4-2)21(33)17-35-27-24-23(28-18-29-27)22-19-9-7-8-10-20(19)25(30-26(22)36-24)32-13-15-34-16-14-32/h18H,3-17H2,1-2H3. The second-order valence-corrected chi connectivity index (χ2v) is 11.7. The Bertz CT molecular complexity index is 1200. The summed E-state index contributed by atoms with van der Waals surface area (Å²) in [6.45, 7) is 9.35. The number of amides is 1. The van der Waals surface area contributed by atoms with Gasteiger partial charge in [0.05, 0.1) is 29.2 Å². The van der Waals surface area contributed by atoms with Gasteiger partial charge in [0.25, 0.3) is 0 Å². The number of morpholine rings is 1. The third-order valence-electron chi connectivity index (χ3n) is 7.23. The van der Waals surface area contributed by atoms with Gasteiger partial charge in [0.15, 0.2) is 0 Å². The fourth-order valence-corrected chi connectivity index (χ4v) is 7.37. The Hall–Kier alpha value is -1.97. The highest BCUT2D eigenvalue weighted by Crippen LogP contribution is 2.43. The number of thioether (sulfide) groups is 1. The number of fused-ring (bicyclic) bond motifs is 5. The highest BCUT2D eigenvalue weighted by atomic mass is 32.2. The van der Waals surface area contributed by atoms with Crippen LogP contribution in [0.15, 0.2) is 11.4 Å². The first-order valence-electron chi connectivity index (χ1n) is 13.5. The molecule has 2 aliphatic rings. The molecule has 0 aromatic carbocycles. The first-order valence-corrected chi connectivity index (χ1v) is 15.3. The molecule has 0 atom stereocenters. The molecule has 0 N–H and O–H groups in total. The van der Waals surface area contributed by atoms with Crippen molar-refractivity contribution in [2.45, 2.75) is 70.2 Å². The van der Waals surface area contributed by atoms with Crippen LogP contribution < -0.4 is 4.90 Å². The summed E-state index contributed by atoms with van der Waals surface area (Å²) in [6.07, 6.45) is 10.5. The molecule has 1 amide bonds.